The van der Waals surface area contributed by atoms with Crippen molar-refractivity contribution in [1.29, 1.82) is 0 Å². The first-order chi connectivity index (χ1) is 5.66. The summed E-state index contributed by atoms with van der Waals surface area (Å²) in [7, 11) is 1.51. The fraction of sp³-hybridized carbons (Fsp3) is 0.889. The Morgan fingerprint density at radius 1 is 1.33 bits per heavy atom. The maximum absolute atomic E-state index is 10.8. The molecule has 0 aromatic heterocycles. The van der Waals surface area contributed by atoms with Gasteiger partial charge in [0.1, 0.15) is 13.2 Å². The van der Waals surface area contributed by atoms with Crippen LogP contribution in [0.4, 0.5) is 0 Å². The summed E-state index contributed by atoms with van der Waals surface area (Å²) in [6, 6.07) is 0. The van der Waals surface area contributed by atoms with Crippen LogP contribution in [0.1, 0.15) is 20.3 Å². The van der Waals surface area contributed by atoms with E-state index in [1.807, 2.05) is 0 Å². The van der Waals surface area contributed by atoms with Crippen molar-refractivity contribution in [2.45, 2.75) is 20.3 Å². The molecule has 0 atom stereocenters. The fourth-order valence-corrected chi connectivity index (χ4v) is 0.708. The van der Waals surface area contributed by atoms with Crippen molar-refractivity contribution in [3.05, 3.63) is 0 Å². The molecule has 0 N–H and O–H groups in total. The highest BCUT2D eigenvalue weighted by Crippen LogP contribution is 1.98. The number of ketones is 1. The van der Waals surface area contributed by atoms with Crippen LogP contribution < -0.4 is 0 Å². The molecule has 72 valence electrons. The Morgan fingerprint density at radius 3 is 2.50 bits per heavy atom. The lowest BCUT2D eigenvalue weighted by Crippen LogP contribution is -2.15. The van der Waals surface area contributed by atoms with Crippen LogP contribution in [0, 0.1) is 5.92 Å². The third-order valence-electron chi connectivity index (χ3n) is 1.41. The van der Waals surface area contributed by atoms with Crippen LogP contribution in [-0.4, -0.2) is 32.7 Å². The Hall–Kier alpha value is -0.410. The Morgan fingerprint density at radius 2 is 2.00 bits per heavy atom. The van der Waals surface area contributed by atoms with E-state index in [2.05, 4.69) is 18.6 Å². The molecule has 12 heavy (non-hydrogen) atoms. The fourth-order valence-electron chi connectivity index (χ4n) is 0.708. The Kier molecular flexibility index (Phi) is 7.00. The van der Waals surface area contributed by atoms with E-state index in [0.717, 1.165) is 6.42 Å². The molecule has 0 unspecified atom stereocenters. The largest absolute Gasteiger partial charge is 0.377 e. The van der Waals surface area contributed by atoms with Crippen LogP contribution in [0.2, 0.25) is 0 Å². The second-order valence-electron chi connectivity index (χ2n) is 3.21. The molecular weight excluding hydrogens is 156 g/mol. The maximum atomic E-state index is 10.8. The second kappa shape index (κ2) is 7.25. The van der Waals surface area contributed by atoms with Gasteiger partial charge in [-0.3, -0.25) is 4.79 Å². The lowest BCUT2D eigenvalue weighted by atomic mass is 10.1. The summed E-state index contributed by atoms with van der Waals surface area (Å²) >= 11 is 0. The van der Waals surface area contributed by atoms with Crippen LogP contribution >= 0.6 is 0 Å². The number of ether oxygens (including phenoxy) is 2. The van der Waals surface area contributed by atoms with Gasteiger partial charge in [-0.15, -0.1) is 0 Å². The Bertz CT molecular complexity index is 121. The van der Waals surface area contributed by atoms with Gasteiger partial charge in [-0.25, -0.2) is 0 Å². The molecule has 0 bridgehead atoms. The minimum Gasteiger partial charge on any atom is -0.377 e. The zero-order valence-electron chi connectivity index (χ0n) is 8.13. The summed E-state index contributed by atoms with van der Waals surface area (Å²) in [6.07, 6.45) is 1.00. The standard InChI is InChI=1S/C9H18O3/c1-8(2)4-5-12-7-9(10)6-11-3/h8H,4-7H2,1-3H3. The number of carbonyl (C=O) groups is 1. The molecule has 0 spiro atoms. The molecule has 0 saturated carbocycles. The van der Waals surface area contributed by atoms with E-state index in [4.69, 9.17) is 4.74 Å². The Balaban J connectivity index is 3.14. The van der Waals surface area contributed by atoms with Gasteiger partial charge in [-0.05, 0) is 12.3 Å². The number of rotatable bonds is 7. The van der Waals surface area contributed by atoms with E-state index in [-0.39, 0.29) is 19.0 Å². The van der Waals surface area contributed by atoms with E-state index in [0.29, 0.717) is 12.5 Å². The van der Waals surface area contributed by atoms with Gasteiger partial charge in [0.15, 0.2) is 5.78 Å². The lowest BCUT2D eigenvalue weighted by molar-refractivity contribution is -0.127. The maximum Gasteiger partial charge on any atom is 0.183 e. The number of methoxy groups -OCH3 is 1. The quantitative estimate of drug-likeness (QED) is 0.545. The van der Waals surface area contributed by atoms with Crippen LogP contribution in [-0.2, 0) is 14.3 Å². The van der Waals surface area contributed by atoms with Gasteiger partial charge in [-0.2, -0.15) is 0 Å². The molecule has 0 aromatic carbocycles. The molecule has 3 nitrogen and oxygen atoms in total. The third-order valence-corrected chi connectivity index (χ3v) is 1.41. The van der Waals surface area contributed by atoms with Crippen LogP contribution in [0.25, 0.3) is 0 Å². The number of hydrogen-bond acceptors (Lipinski definition) is 3. The molecule has 0 fully saturated rings. The van der Waals surface area contributed by atoms with Gasteiger partial charge >= 0.3 is 0 Å². The van der Waals surface area contributed by atoms with Crippen molar-refractivity contribution in [3.63, 3.8) is 0 Å². The van der Waals surface area contributed by atoms with E-state index in [9.17, 15) is 4.79 Å². The SMILES string of the molecule is COCC(=O)COCCC(C)C. The average Bonchev–Trinajstić information content (AvgIpc) is 1.98. The van der Waals surface area contributed by atoms with Crippen molar-refractivity contribution in [2.24, 2.45) is 5.92 Å². The van der Waals surface area contributed by atoms with Gasteiger partial charge in [0, 0.05) is 13.7 Å². The molecule has 0 rings (SSSR count). The molecule has 0 heterocycles. The third kappa shape index (κ3) is 7.69. The number of carbonyl (C=O) groups excluding carboxylic acids is 1. The highest BCUT2D eigenvalue weighted by Gasteiger charge is 2.00. The van der Waals surface area contributed by atoms with Gasteiger partial charge in [0.25, 0.3) is 0 Å². The summed E-state index contributed by atoms with van der Waals surface area (Å²) in [5.41, 5.74) is 0. The van der Waals surface area contributed by atoms with Gasteiger partial charge < -0.3 is 9.47 Å². The highest BCUT2D eigenvalue weighted by molar-refractivity contribution is 5.80. The summed E-state index contributed by atoms with van der Waals surface area (Å²) in [6.45, 7) is 5.25. The summed E-state index contributed by atoms with van der Waals surface area (Å²) in [5, 5.41) is 0. The monoisotopic (exact) mass is 174 g/mol. The number of Topliss-reactive ketones (excluding diaryl/α,β-unsaturated/α-hetero) is 1. The average molecular weight is 174 g/mol. The molecule has 0 aliphatic rings. The summed E-state index contributed by atoms with van der Waals surface area (Å²) in [4.78, 5) is 10.8. The zero-order chi connectivity index (χ0) is 9.40. The van der Waals surface area contributed by atoms with Crippen LogP contribution in [0.3, 0.4) is 0 Å². The first-order valence-electron chi connectivity index (χ1n) is 4.25. The van der Waals surface area contributed by atoms with Gasteiger partial charge in [0.05, 0.1) is 0 Å². The van der Waals surface area contributed by atoms with Crippen molar-refractivity contribution < 1.29 is 14.3 Å². The molecular formula is C9H18O3. The minimum atomic E-state index is 0.00116. The summed E-state index contributed by atoms with van der Waals surface area (Å²) < 4.78 is 9.78. The predicted octanol–water partition coefficient (Wildman–Crippen LogP) is 1.26. The lowest BCUT2D eigenvalue weighted by Gasteiger charge is -2.04. The van der Waals surface area contributed by atoms with Crippen molar-refractivity contribution in [1.82, 2.24) is 0 Å². The topological polar surface area (TPSA) is 35.5 Å². The zero-order valence-corrected chi connectivity index (χ0v) is 8.13. The predicted molar refractivity (Wildman–Crippen MR) is 47.2 cm³/mol. The molecule has 0 aromatic rings. The van der Waals surface area contributed by atoms with E-state index in [1.54, 1.807) is 0 Å². The van der Waals surface area contributed by atoms with E-state index < -0.39 is 0 Å². The van der Waals surface area contributed by atoms with Crippen molar-refractivity contribution in [2.75, 3.05) is 26.9 Å². The first-order valence-corrected chi connectivity index (χ1v) is 4.25. The Labute approximate surface area is 74.0 Å². The summed E-state index contributed by atoms with van der Waals surface area (Å²) in [5.74, 6) is 0.629. The normalized spacial score (nSPS) is 10.7. The van der Waals surface area contributed by atoms with Crippen molar-refractivity contribution in [3.8, 4) is 0 Å². The van der Waals surface area contributed by atoms with Crippen molar-refractivity contribution >= 4 is 5.78 Å². The number of hydrogen-bond donors (Lipinski definition) is 0. The molecule has 0 aliphatic heterocycles. The smallest absolute Gasteiger partial charge is 0.183 e. The van der Waals surface area contributed by atoms with E-state index >= 15 is 0 Å². The molecule has 0 saturated heterocycles. The van der Waals surface area contributed by atoms with Gasteiger partial charge in [-0.1, -0.05) is 13.8 Å². The van der Waals surface area contributed by atoms with Crippen LogP contribution in [0.5, 0.6) is 0 Å². The van der Waals surface area contributed by atoms with E-state index in [1.165, 1.54) is 7.11 Å². The molecule has 0 amide bonds. The first kappa shape index (κ1) is 11.6. The molecule has 0 radical (unpaired) electrons. The van der Waals surface area contributed by atoms with Crippen LogP contribution in [0.15, 0.2) is 0 Å². The molecule has 0 aliphatic carbocycles. The second-order valence-corrected chi connectivity index (χ2v) is 3.21. The highest BCUT2D eigenvalue weighted by atomic mass is 16.5. The van der Waals surface area contributed by atoms with Gasteiger partial charge in [0.2, 0.25) is 0 Å². The molecule has 3 heteroatoms. The minimum absolute atomic E-state index is 0.00116.